The van der Waals surface area contributed by atoms with E-state index in [4.69, 9.17) is 16.3 Å². The molecule has 1 aliphatic carbocycles. The molecule has 0 spiro atoms. The van der Waals surface area contributed by atoms with Gasteiger partial charge in [-0.15, -0.1) is 11.6 Å². The lowest BCUT2D eigenvalue weighted by Crippen LogP contribution is -2.47. The van der Waals surface area contributed by atoms with Gasteiger partial charge in [0.25, 0.3) is 0 Å². The van der Waals surface area contributed by atoms with Gasteiger partial charge >= 0.3 is 0 Å². The van der Waals surface area contributed by atoms with Crippen LogP contribution in [0.4, 0.5) is 5.82 Å². The average Bonchev–Trinajstić information content (AvgIpc) is 2.86. The zero-order valence-electron chi connectivity index (χ0n) is 9.73. The average molecular weight is 254 g/mol. The number of fused-ring (bicyclic) bond motifs is 1. The summed E-state index contributed by atoms with van der Waals surface area (Å²) in [6.45, 7) is 2.33. The van der Waals surface area contributed by atoms with Crippen molar-refractivity contribution in [3.05, 3.63) is 17.6 Å². The molecule has 0 radical (unpaired) electrons. The molecule has 5 heteroatoms. The minimum absolute atomic E-state index is 0.241. The minimum atomic E-state index is 0.241. The Bertz CT molecular complexity index is 413. The van der Waals surface area contributed by atoms with Crippen LogP contribution in [0.25, 0.3) is 0 Å². The maximum Gasteiger partial charge on any atom is 0.135 e. The van der Waals surface area contributed by atoms with Crippen LogP contribution in [0.5, 0.6) is 0 Å². The van der Waals surface area contributed by atoms with Crippen LogP contribution in [0.2, 0.25) is 0 Å². The van der Waals surface area contributed by atoms with Gasteiger partial charge in [-0.05, 0) is 19.3 Å². The van der Waals surface area contributed by atoms with E-state index in [2.05, 4.69) is 14.9 Å². The molecule has 0 saturated carbocycles. The summed E-state index contributed by atoms with van der Waals surface area (Å²) in [5, 5.41) is 0. The third-order valence-corrected chi connectivity index (χ3v) is 3.89. The van der Waals surface area contributed by atoms with Crippen molar-refractivity contribution < 1.29 is 4.74 Å². The van der Waals surface area contributed by atoms with Gasteiger partial charge in [0.2, 0.25) is 0 Å². The van der Waals surface area contributed by atoms with E-state index in [0.29, 0.717) is 12.5 Å². The molecule has 1 unspecified atom stereocenters. The van der Waals surface area contributed by atoms with E-state index in [1.54, 1.807) is 6.33 Å². The summed E-state index contributed by atoms with van der Waals surface area (Å²) in [6.07, 6.45) is 5.05. The fourth-order valence-electron chi connectivity index (χ4n) is 2.65. The number of aromatic nitrogens is 2. The van der Waals surface area contributed by atoms with E-state index in [9.17, 15) is 0 Å². The van der Waals surface area contributed by atoms with Gasteiger partial charge in [-0.2, -0.15) is 0 Å². The first kappa shape index (κ1) is 11.2. The molecule has 1 aliphatic heterocycles. The van der Waals surface area contributed by atoms with Crippen molar-refractivity contribution in [1.29, 1.82) is 0 Å². The number of morpholine rings is 1. The van der Waals surface area contributed by atoms with Crippen LogP contribution >= 0.6 is 11.6 Å². The second-order valence-corrected chi connectivity index (χ2v) is 4.86. The summed E-state index contributed by atoms with van der Waals surface area (Å²) in [4.78, 5) is 11.1. The van der Waals surface area contributed by atoms with Crippen molar-refractivity contribution in [3.8, 4) is 0 Å². The van der Waals surface area contributed by atoms with Crippen molar-refractivity contribution in [2.24, 2.45) is 0 Å². The summed E-state index contributed by atoms with van der Waals surface area (Å²) >= 11 is 6.01. The first-order chi connectivity index (χ1) is 8.40. The van der Waals surface area contributed by atoms with E-state index < -0.39 is 0 Å². The first-order valence-electron chi connectivity index (χ1n) is 6.13. The molecular weight excluding hydrogens is 238 g/mol. The fraction of sp³-hybridized carbons (Fsp3) is 0.667. The van der Waals surface area contributed by atoms with Crippen LogP contribution in [0.1, 0.15) is 17.7 Å². The summed E-state index contributed by atoms with van der Waals surface area (Å²) in [7, 11) is 0. The van der Waals surface area contributed by atoms with E-state index in [0.717, 1.165) is 31.8 Å². The molecule has 1 saturated heterocycles. The Kier molecular flexibility index (Phi) is 3.16. The molecule has 92 valence electrons. The lowest BCUT2D eigenvalue weighted by Gasteiger charge is -2.36. The second kappa shape index (κ2) is 4.78. The number of nitrogens with zero attached hydrogens (tertiary/aromatic N) is 3. The molecule has 1 fully saturated rings. The highest BCUT2D eigenvalue weighted by molar-refractivity contribution is 6.18. The van der Waals surface area contributed by atoms with Gasteiger partial charge in [0.05, 0.1) is 19.3 Å². The lowest BCUT2D eigenvalue weighted by molar-refractivity contribution is 0.0993. The van der Waals surface area contributed by atoms with Crippen LogP contribution in [-0.2, 0) is 17.6 Å². The number of alkyl halides is 1. The Morgan fingerprint density at radius 2 is 2.35 bits per heavy atom. The topological polar surface area (TPSA) is 38.2 Å². The predicted molar refractivity (Wildman–Crippen MR) is 66.7 cm³/mol. The standard InChI is InChI=1S/C12H16ClN3O/c13-6-9-7-17-5-4-16(9)12-10-2-1-3-11(10)14-8-15-12/h8-9H,1-7H2. The van der Waals surface area contributed by atoms with E-state index in [-0.39, 0.29) is 6.04 Å². The van der Waals surface area contributed by atoms with Crippen molar-refractivity contribution >= 4 is 17.4 Å². The maximum absolute atomic E-state index is 6.01. The lowest BCUT2D eigenvalue weighted by atomic mass is 10.2. The fourth-order valence-corrected chi connectivity index (χ4v) is 2.91. The van der Waals surface area contributed by atoms with Crippen molar-refractivity contribution in [1.82, 2.24) is 9.97 Å². The largest absolute Gasteiger partial charge is 0.377 e. The number of hydrogen-bond donors (Lipinski definition) is 0. The van der Waals surface area contributed by atoms with Crippen LogP contribution in [-0.4, -0.2) is 41.6 Å². The number of halogens is 1. The molecule has 1 aromatic rings. The molecule has 2 heterocycles. The maximum atomic E-state index is 6.01. The molecule has 1 aromatic heterocycles. The SMILES string of the molecule is ClCC1COCCN1c1ncnc2c1CCC2. The quantitative estimate of drug-likeness (QED) is 0.747. The van der Waals surface area contributed by atoms with Crippen LogP contribution in [0.15, 0.2) is 6.33 Å². The molecule has 17 heavy (non-hydrogen) atoms. The number of ether oxygens (including phenoxy) is 1. The van der Waals surface area contributed by atoms with Gasteiger partial charge in [-0.25, -0.2) is 9.97 Å². The number of hydrogen-bond acceptors (Lipinski definition) is 4. The van der Waals surface area contributed by atoms with Gasteiger partial charge in [-0.3, -0.25) is 0 Å². The van der Waals surface area contributed by atoms with Crippen molar-refractivity contribution in [3.63, 3.8) is 0 Å². The Morgan fingerprint density at radius 3 is 3.24 bits per heavy atom. The molecular formula is C12H16ClN3O. The van der Waals surface area contributed by atoms with Crippen molar-refractivity contribution in [2.75, 3.05) is 30.5 Å². The van der Waals surface area contributed by atoms with Gasteiger partial charge < -0.3 is 9.64 Å². The van der Waals surface area contributed by atoms with Gasteiger partial charge in [-0.1, -0.05) is 0 Å². The molecule has 3 rings (SSSR count). The van der Waals surface area contributed by atoms with E-state index >= 15 is 0 Å². The Morgan fingerprint density at radius 1 is 1.41 bits per heavy atom. The number of rotatable bonds is 2. The van der Waals surface area contributed by atoms with Crippen LogP contribution in [0.3, 0.4) is 0 Å². The predicted octanol–water partition coefficient (Wildman–Crippen LogP) is 1.41. The van der Waals surface area contributed by atoms with Gasteiger partial charge in [0.15, 0.2) is 0 Å². The van der Waals surface area contributed by atoms with Crippen LogP contribution < -0.4 is 4.90 Å². The molecule has 0 aromatic carbocycles. The monoisotopic (exact) mass is 253 g/mol. The highest BCUT2D eigenvalue weighted by atomic mass is 35.5. The van der Waals surface area contributed by atoms with Crippen molar-refractivity contribution in [2.45, 2.75) is 25.3 Å². The highest BCUT2D eigenvalue weighted by Crippen LogP contribution is 2.29. The summed E-state index contributed by atoms with van der Waals surface area (Å²) in [5.41, 5.74) is 2.54. The summed E-state index contributed by atoms with van der Waals surface area (Å²) < 4.78 is 5.47. The molecule has 4 nitrogen and oxygen atoms in total. The van der Waals surface area contributed by atoms with Gasteiger partial charge in [0, 0.05) is 23.7 Å². The Balaban J connectivity index is 1.95. The second-order valence-electron chi connectivity index (χ2n) is 4.55. The molecule has 0 N–H and O–H groups in total. The van der Waals surface area contributed by atoms with E-state index in [1.165, 1.54) is 17.7 Å². The Hall–Kier alpha value is -0.870. The summed E-state index contributed by atoms with van der Waals surface area (Å²) in [5.74, 6) is 1.67. The summed E-state index contributed by atoms with van der Waals surface area (Å²) in [6, 6.07) is 0.241. The first-order valence-corrected chi connectivity index (χ1v) is 6.66. The molecule has 1 atom stereocenters. The van der Waals surface area contributed by atoms with Crippen LogP contribution in [0, 0.1) is 0 Å². The zero-order chi connectivity index (χ0) is 11.7. The third-order valence-electron chi connectivity index (χ3n) is 3.53. The number of aryl methyl sites for hydroxylation is 1. The number of anilines is 1. The normalized spacial score (nSPS) is 23.8. The Labute approximate surface area is 106 Å². The molecule has 2 aliphatic rings. The zero-order valence-corrected chi connectivity index (χ0v) is 10.5. The minimum Gasteiger partial charge on any atom is -0.377 e. The smallest absolute Gasteiger partial charge is 0.135 e. The van der Waals surface area contributed by atoms with Gasteiger partial charge in [0.1, 0.15) is 12.1 Å². The molecule has 0 bridgehead atoms. The third kappa shape index (κ3) is 2.00. The van der Waals surface area contributed by atoms with E-state index in [1.807, 2.05) is 0 Å². The molecule has 0 amide bonds. The highest BCUT2D eigenvalue weighted by Gasteiger charge is 2.28.